The Morgan fingerprint density at radius 2 is 2.03 bits per heavy atom. The Bertz CT molecular complexity index is 1130. The van der Waals surface area contributed by atoms with Gasteiger partial charge in [-0.3, -0.25) is 4.98 Å². The first-order valence-electron chi connectivity index (χ1n) is 9.80. The van der Waals surface area contributed by atoms with Crippen molar-refractivity contribution in [2.75, 3.05) is 0 Å². The summed E-state index contributed by atoms with van der Waals surface area (Å²) in [5.74, 6) is 1.23. The average Bonchev–Trinajstić information content (AvgIpc) is 3.37. The SMILES string of the molecule is CCn1c(C)c(-c2nc(C3CC3)no2)c(S(=O)(=O)NC(C)c2ccccn2)c1C. The molecule has 9 heteroatoms. The first kappa shape index (κ1) is 19.8. The van der Waals surface area contributed by atoms with Gasteiger partial charge in [0.15, 0.2) is 5.82 Å². The molecule has 0 amide bonds. The van der Waals surface area contributed by atoms with Crippen molar-refractivity contribution in [1.29, 1.82) is 0 Å². The van der Waals surface area contributed by atoms with E-state index in [-0.39, 0.29) is 10.8 Å². The molecule has 3 aromatic heterocycles. The molecule has 0 spiro atoms. The maximum Gasteiger partial charge on any atom is 0.261 e. The summed E-state index contributed by atoms with van der Waals surface area (Å²) in [7, 11) is -3.86. The minimum absolute atomic E-state index is 0.186. The quantitative estimate of drug-likeness (QED) is 0.634. The van der Waals surface area contributed by atoms with Crippen LogP contribution in [-0.4, -0.2) is 28.1 Å². The Labute approximate surface area is 170 Å². The van der Waals surface area contributed by atoms with Crippen LogP contribution in [0.2, 0.25) is 0 Å². The van der Waals surface area contributed by atoms with Gasteiger partial charge in [0.2, 0.25) is 10.0 Å². The number of pyridine rings is 1. The summed E-state index contributed by atoms with van der Waals surface area (Å²) in [4.78, 5) is 8.95. The Hall–Kier alpha value is -2.52. The van der Waals surface area contributed by atoms with E-state index < -0.39 is 16.1 Å². The van der Waals surface area contributed by atoms with E-state index in [1.54, 1.807) is 32.2 Å². The van der Waals surface area contributed by atoms with Crippen molar-refractivity contribution in [2.45, 2.75) is 63.9 Å². The number of aromatic nitrogens is 4. The zero-order chi connectivity index (χ0) is 20.8. The molecule has 4 rings (SSSR count). The van der Waals surface area contributed by atoms with Crippen molar-refractivity contribution in [1.82, 2.24) is 24.4 Å². The molecule has 1 N–H and O–H groups in total. The van der Waals surface area contributed by atoms with E-state index >= 15 is 0 Å². The first-order valence-corrected chi connectivity index (χ1v) is 11.3. The van der Waals surface area contributed by atoms with Crippen LogP contribution in [0.15, 0.2) is 33.8 Å². The van der Waals surface area contributed by atoms with Crippen molar-refractivity contribution >= 4 is 10.0 Å². The fourth-order valence-corrected chi connectivity index (χ4v) is 5.44. The Kier molecular flexibility index (Phi) is 5.04. The number of sulfonamides is 1. The van der Waals surface area contributed by atoms with Crippen molar-refractivity contribution < 1.29 is 12.9 Å². The van der Waals surface area contributed by atoms with Gasteiger partial charge < -0.3 is 9.09 Å². The third-order valence-electron chi connectivity index (χ3n) is 5.37. The van der Waals surface area contributed by atoms with E-state index in [1.807, 2.05) is 24.5 Å². The van der Waals surface area contributed by atoms with Crippen LogP contribution < -0.4 is 4.72 Å². The van der Waals surface area contributed by atoms with Gasteiger partial charge in [-0.15, -0.1) is 0 Å². The van der Waals surface area contributed by atoms with Crippen LogP contribution in [-0.2, 0) is 16.6 Å². The third kappa shape index (κ3) is 3.60. The minimum atomic E-state index is -3.86. The van der Waals surface area contributed by atoms with Gasteiger partial charge in [-0.25, -0.2) is 13.1 Å². The highest BCUT2D eigenvalue weighted by Gasteiger charge is 2.34. The average molecular weight is 416 g/mol. The number of rotatable bonds is 7. The molecular formula is C20H25N5O3S. The summed E-state index contributed by atoms with van der Waals surface area (Å²) < 4.78 is 37.0. The van der Waals surface area contributed by atoms with Crippen LogP contribution in [0.25, 0.3) is 11.5 Å². The maximum absolute atomic E-state index is 13.4. The van der Waals surface area contributed by atoms with Gasteiger partial charge in [0.25, 0.3) is 5.89 Å². The van der Waals surface area contributed by atoms with E-state index in [0.717, 1.165) is 18.5 Å². The molecule has 0 aliphatic heterocycles. The maximum atomic E-state index is 13.4. The summed E-state index contributed by atoms with van der Waals surface area (Å²) in [6.07, 6.45) is 3.73. The highest BCUT2D eigenvalue weighted by Crippen LogP contribution is 2.41. The van der Waals surface area contributed by atoms with E-state index in [4.69, 9.17) is 4.52 Å². The fourth-order valence-electron chi connectivity index (χ4n) is 3.74. The van der Waals surface area contributed by atoms with Crippen LogP contribution in [0, 0.1) is 13.8 Å². The number of hydrogen-bond acceptors (Lipinski definition) is 6. The fraction of sp³-hybridized carbons (Fsp3) is 0.450. The van der Waals surface area contributed by atoms with Crippen LogP contribution in [0.4, 0.5) is 0 Å². The van der Waals surface area contributed by atoms with Gasteiger partial charge in [0.05, 0.1) is 17.3 Å². The van der Waals surface area contributed by atoms with Crippen molar-refractivity contribution in [3.63, 3.8) is 0 Å². The zero-order valence-corrected chi connectivity index (χ0v) is 17.8. The number of hydrogen-bond donors (Lipinski definition) is 1. The third-order valence-corrected chi connectivity index (χ3v) is 7.07. The number of nitrogens with zero attached hydrogens (tertiary/aromatic N) is 4. The summed E-state index contributed by atoms with van der Waals surface area (Å²) in [5, 5.41) is 4.07. The molecule has 0 radical (unpaired) electrons. The van der Waals surface area contributed by atoms with Crippen molar-refractivity contribution in [2.24, 2.45) is 0 Å². The van der Waals surface area contributed by atoms with E-state index in [2.05, 4.69) is 19.8 Å². The lowest BCUT2D eigenvalue weighted by molar-refractivity contribution is 0.421. The van der Waals surface area contributed by atoms with E-state index in [9.17, 15) is 8.42 Å². The predicted molar refractivity (Wildman–Crippen MR) is 108 cm³/mol. The van der Waals surface area contributed by atoms with Gasteiger partial charge in [0.1, 0.15) is 4.90 Å². The van der Waals surface area contributed by atoms with Gasteiger partial charge >= 0.3 is 0 Å². The molecule has 8 nitrogen and oxygen atoms in total. The monoisotopic (exact) mass is 415 g/mol. The molecule has 1 atom stereocenters. The van der Waals surface area contributed by atoms with Crippen LogP contribution in [0.5, 0.6) is 0 Å². The highest BCUT2D eigenvalue weighted by molar-refractivity contribution is 7.89. The second-order valence-electron chi connectivity index (χ2n) is 7.45. The summed E-state index contributed by atoms with van der Waals surface area (Å²) in [5.41, 5.74) is 2.56. The molecule has 1 unspecified atom stereocenters. The molecule has 1 aliphatic rings. The Balaban J connectivity index is 1.79. The van der Waals surface area contributed by atoms with Gasteiger partial charge in [-0.05, 0) is 52.7 Å². The summed E-state index contributed by atoms with van der Waals surface area (Å²) in [6, 6.07) is 4.94. The lowest BCUT2D eigenvalue weighted by atomic mass is 10.2. The smallest absolute Gasteiger partial charge is 0.261 e. The zero-order valence-electron chi connectivity index (χ0n) is 17.0. The lowest BCUT2D eigenvalue weighted by Gasteiger charge is -2.14. The van der Waals surface area contributed by atoms with Gasteiger partial charge in [-0.1, -0.05) is 11.2 Å². The van der Waals surface area contributed by atoms with Crippen LogP contribution >= 0.6 is 0 Å². The topological polar surface area (TPSA) is 103 Å². The van der Waals surface area contributed by atoms with Crippen molar-refractivity contribution in [3.8, 4) is 11.5 Å². The standard InChI is InChI=1S/C20H25N5O3S/c1-5-25-13(3)17(20-22-19(23-28-20)15-9-10-15)18(14(25)4)29(26,27)24-12(2)16-8-6-7-11-21-16/h6-8,11-12,15,24H,5,9-10H2,1-4H3. The molecule has 1 saturated carbocycles. The molecule has 3 heterocycles. The second kappa shape index (κ2) is 7.38. The Morgan fingerprint density at radius 1 is 1.28 bits per heavy atom. The molecule has 1 fully saturated rings. The largest absolute Gasteiger partial charge is 0.347 e. The molecule has 154 valence electrons. The molecular weight excluding hydrogens is 390 g/mol. The molecule has 0 bridgehead atoms. The molecule has 0 saturated heterocycles. The molecule has 29 heavy (non-hydrogen) atoms. The number of nitrogens with one attached hydrogen (secondary N) is 1. The Morgan fingerprint density at radius 3 is 2.66 bits per heavy atom. The highest BCUT2D eigenvalue weighted by atomic mass is 32.2. The van der Waals surface area contributed by atoms with Crippen LogP contribution in [0.3, 0.4) is 0 Å². The second-order valence-corrected chi connectivity index (χ2v) is 9.10. The van der Waals surface area contributed by atoms with Gasteiger partial charge in [-0.2, -0.15) is 4.98 Å². The predicted octanol–water partition coefficient (Wildman–Crippen LogP) is 3.49. The van der Waals surface area contributed by atoms with Crippen molar-refractivity contribution in [3.05, 3.63) is 47.3 Å². The summed E-state index contributed by atoms with van der Waals surface area (Å²) in [6.45, 7) is 8.08. The summed E-state index contributed by atoms with van der Waals surface area (Å²) >= 11 is 0. The van der Waals surface area contributed by atoms with Gasteiger partial charge in [0, 0.05) is 30.0 Å². The van der Waals surface area contributed by atoms with Crippen LogP contribution in [0.1, 0.15) is 61.6 Å². The minimum Gasteiger partial charge on any atom is -0.347 e. The van der Waals surface area contributed by atoms with E-state index in [0.29, 0.717) is 35.2 Å². The first-order chi connectivity index (χ1) is 13.8. The molecule has 0 aromatic carbocycles. The lowest BCUT2D eigenvalue weighted by Crippen LogP contribution is -2.28. The normalized spacial score (nSPS) is 15.6. The molecule has 1 aliphatic carbocycles. The van der Waals surface area contributed by atoms with E-state index in [1.165, 1.54) is 0 Å². The molecule has 3 aromatic rings.